The zero-order valence-electron chi connectivity index (χ0n) is 18.2. The number of hydrogen-bond acceptors (Lipinski definition) is 3. The molecule has 0 radical (unpaired) electrons. The van der Waals surface area contributed by atoms with Crippen LogP contribution < -0.4 is 10.6 Å². The minimum atomic E-state index is -0.334. The molecule has 2 rings (SSSR count). The van der Waals surface area contributed by atoms with Crippen molar-refractivity contribution in [2.24, 2.45) is 5.92 Å². The molecular formula is C25H34N2O2. The van der Waals surface area contributed by atoms with Gasteiger partial charge in [-0.25, -0.2) is 0 Å². The lowest BCUT2D eigenvalue weighted by atomic mass is 9.86. The topological polar surface area (TPSA) is 58.2 Å². The molecule has 1 amide bonds. The minimum Gasteiger partial charge on any atom is -0.387 e. The molecule has 0 saturated heterocycles. The summed E-state index contributed by atoms with van der Waals surface area (Å²) in [6, 6.07) is 6.45. The third-order valence-electron chi connectivity index (χ3n) is 5.27. The number of benzene rings is 1. The number of amides is 1. The minimum absolute atomic E-state index is 0.0476. The first kappa shape index (κ1) is 22.7. The predicted molar refractivity (Wildman–Crippen MR) is 120 cm³/mol. The fraction of sp³-hybridized carbons (Fsp3) is 0.440. The molecular weight excluding hydrogens is 360 g/mol. The van der Waals surface area contributed by atoms with Gasteiger partial charge in [0.2, 0.25) is 5.91 Å². The lowest BCUT2D eigenvalue weighted by Gasteiger charge is -2.20. The lowest BCUT2D eigenvalue weighted by Crippen LogP contribution is -2.29. The average Bonchev–Trinajstić information content (AvgIpc) is 3.53. The van der Waals surface area contributed by atoms with E-state index in [0.717, 1.165) is 36.0 Å². The maximum absolute atomic E-state index is 12.6. The highest BCUT2D eigenvalue weighted by Gasteiger charge is 2.23. The van der Waals surface area contributed by atoms with E-state index in [1.54, 1.807) is 7.05 Å². The van der Waals surface area contributed by atoms with E-state index >= 15 is 0 Å². The van der Waals surface area contributed by atoms with Crippen LogP contribution in [0.4, 0.5) is 0 Å². The first-order chi connectivity index (χ1) is 14.0. The monoisotopic (exact) mass is 394 g/mol. The smallest absolute Gasteiger partial charge is 0.227 e. The van der Waals surface area contributed by atoms with Crippen LogP contribution in [0.5, 0.6) is 0 Å². The summed E-state index contributed by atoms with van der Waals surface area (Å²) in [5, 5.41) is 6.14. The molecule has 2 N–H and O–H groups in total. The molecule has 0 spiro atoms. The molecule has 1 aliphatic rings. The van der Waals surface area contributed by atoms with Crippen LogP contribution in [0.1, 0.15) is 62.6 Å². The predicted octanol–water partition coefficient (Wildman–Crippen LogP) is 4.84. The Bertz CT molecular complexity index is 812. The van der Waals surface area contributed by atoms with Gasteiger partial charge in [-0.05, 0) is 68.0 Å². The summed E-state index contributed by atoms with van der Waals surface area (Å²) in [4.78, 5) is 23.5. The second-order valence-electron chi connectivity index (χ2n) is 7.68. The third-order valence-corrected chi connectivity index (χ3v) is 5.27. The summed E-state index contributed by atoms with van der Waals surface area (Å²) in [6.45, 7) is 7.05. The molecule has 0 bridgehead atoms. The Hall–Kier alpha value is -2.62. The molecule has 29 heavy (non-hydrogen) atoms. The largest absolute Gasteiger partial charge is 0.387 e. The Morgan fingerprint density at radius 1 is 1.28 bits per heavy atom. The van der Waals surface area contributed by atoms with E-state index in [4.69, 9.17) is 0 Å². The molecule has 1 saturated carbocycles. The summed E-state index contributed by atoms with van der Waals surface area (Å²) < 4.78 is 0. The molecule has 156 valence electrons. The van der Waals surface area contributed by atoms with Crippen molar-refractivity contribution in [3.05, 3.63) is 63.9 Å². The van der Waals surface area contributed by atoms with Gasteiger partial charge in [-0.15, -0.1) is 0 Å². The highest BCUT2D eigenvalue weighted by molar-refractivity contribution is 5.85. The maximum atomic E-state index is 12.6. The van der Waals surface area contributed by atoms with Gasteiger partial charge < -0.3 is 15.4 Å². The highest BCUT2D eigenvalue weighted by Crippen LogP contribution is 2.29. The number of carbonyl (C=O) groups is 2. The van der Waals surface area contributed by atoms with E-state index < -0.39 is 0 Å². The van der Waals surface area contributed by atoms with Crippen molar-refractivity contribution in [1.82, 2.24) is 10.6 Å². The highest BCUT2D eigenvalue weighted by atomic mass is 16.1. The Labute approximate surface area is 175 Å². The molecule has 0 aliphatic heterocycles. The Kier molecular flexibility index (Phi) is 8.91. The van der Waals surface area contributed by atoms with E-state index in [1.165, 1.54) is 29.5 Å². The van der Waals surface area contributed by atoms with Crippen molar-refractivity contribution in [3.63, 3.8) is 0 Å². The van der Waals surface area contributed by atoms with Crippen molar-refractivity contribution in [3.8, 4) is 0 Å². The lowest BCUT2D eigenvalue weighted by molar-refractivity contribution is -0.123. The Morgan fingerprint density at radius 2 is 2.03 bits per heavy atom. The van der Waals surface area contributed by atoms with Crippen LogP contribution in [0.15, 0.2) is 47.2 Å². The first-order valence-electron chi connectivity index (χ1n) is 10.5. The van der Waals surface area contributed by atoms with Gasteiger partial charge in [-0.2, -0.15) is 0 Å². The second kappa shape index (κ2) is 11.4. The fourth-order valence-corrected chi connectivity index (χ4v) is 3.46. The van der Waals surface area contributed by atoms with Crippen molar-refractivity contribution in [1.29, 1.82) is 0 Å². The zero-order chi connectivity index (χ0) is 21.2. The number of nitrogens with one attached hydrogen (secondary N) is 2. The van der Waals surface area contributed by atoms with Gasteiger partial charge in [0, 0.05) is 20.0 Å². The average molecular weight is 395 g/mol. The van der Waals surface area contributed by atoms with E-state index in [1.807, 2.05) is 6.92 Å². The fourth-order valence-electron chi connectivity index (χ4n) is 3.46. The van der Waals surface area contributed by atoms with E-state index in [9.17, 15) is 9.59 Å². The SMILES string of the molecule is CC/C=C(C)/C(=C\c1ccc(CNC=C2CC2)cc1C)C(CCC=O)C(=O)NC. The van der Waals surface area contributed by atoms with Gasteiger partial charge in [0.15, 0.2) is 0 Å². The first-order valence-corrected chi connectivity index (χ1v) is 10.5. The standard InChI is InChI=1S/C25H34N2O2/c1-5-7-18(2)24(23(8-6-13-28)25(29)26-4)15-22-12-11-21(14-19(22)3)17-27-16-20-9-10-20/h7,11-16,23,27H,5-6,8-10,17H2,1-4H3,(H,26,29)/b18-7+,24-15+. The van der Waals surface area contributed by atoms with Gasteiger partial charge in [0.05, 0.1) is 5.92 Å². The van der Waals surface area contributed by atoms with Crippen molar-refractivity contribution >= 4 is 18.3 Å². The van der Waals surface area contributed by atoms with Crippen molar-refractivity contribution in [2.75, 3.05) is 7.05 Å². The molecule has 0 heterocycles. The molecule has 1 fully saturated rings. The molecule has 1 atom stereocenters. The summed E-state index contributed by atoms with van der Waals surface area (Å²) in [7, 11) is 1.65. The Balaban J connectivity index is 2.32. The van der Waals surface area contributed by atoms with Crippen LogP contribution in [-0.2, 0) is 16.1 Å². The normalized spacial score (nSPS) is 15.0. The maximum Gasteiger partial charge on any atom is 0.227 e. The van der Waals surface area contributed by atoms with Crippen molar-refractivity contribution in [2.45, 2.75) is 59.4 Å². The van der Waals surface area contributed by atoms with E-state index in [2.05, 4.69) is 61.0 Å². The summed E-state index contributed by atoms with van der Waals surface area (Å²) >= 11 is 0. The number of rotatable bonds is 11. The quantitative estimate of drug-likeness (QED) is 0.417. The van der Waals surface area contributed by atoms with Crippen LogP contribution in [-0.4, -0.2) is 19.2 Å². The summed E-state index contributed by atoms with van der Waals surface area (Å²) in [5.74, 6) is -0.382. The third kappa shape index (κ3) is 7.04. The van der Waals surface area contributed by atoms with Crippen LogP contribution >= 0.6 is 0 Å². The van der Waals surface area contributed by atoms with Gasteiger partial charge in [-0.3, -0.25) is 4.79 Å². The number of aldehydes is 1. The molecule has 1 unspecified atom stereocenters. The van der Waals surface area contributed by atoms with Gasteiger partial charge in [0.25, 0.3) is 0 Å². The molecule has 1 aliphatic carbocycles. The zero-order valence-corrected chi connectivity index (χ0v) is 18.2. The number of allylic oxidation sites excluding steroid dienone is 3. The van der Waals surface area contributed by atoms with Crippen molar-refractivity contribution < 1.29 is 9.59 Å². The molecule has 4 nitrogen and oxygen atoms in total. The van der Waals surface area contributed by atoms with E-state index in [-0.39, 0.29) is 11.8 Å². The van der Waals surface area contributed by atoms with Gasteiger partial charge >= 0.3 is 0 Å². The molecule has 4 heteroatoms. The summed E-state index contributed by atoms with van der Waals surface area (Å²) in [5.41, 5.74) is 7.08. The molecule has 0 aromatic heterocycles. The van der Waals surface area contributed by atoms with E-state index in [0.29, 0.717) is 12.8 Å². The second-order valence-corrected chi connectivity index (χ2v) is 7.68. The van der Waals surface area contributed by atoms with Crippen LogP contribution in [0, 0.1) is 12.8 Å². The van der Waals surface area contributed by atoms with Crippen LogP contribution in [0.25, 0.3) is 6.08 Å². The van der Waals surface area contributed by atoms with Gasteiger partial charge in [-0.1, -0.05) is 48.4 Å². The molecule has 1 aromatic carbocycles. The van der Waals surface area contributed by atoms with Crippen LogP contribution in [0.3, 0.4) is 0 Å². The Morgan fingerprint density at radius 3 is 2.62 bits per heavy atom. The molecule has 1 aromatic rings. The number of carbonyl (C=O) groups excluding carboxylic acids is 2. The number of hydrogen-bond donors (Lipinski definition) is 2. The van der Waals surface area contributed by atoms with Crippen LogP contribution in [0.2, 0.25) is 0 Å². The summed E-state index contributed by atoms with van der Waals surface area (Å²) in [6.07, 6.45) is 11.5. The van der Waals surface area contributed by atoms with Gasteiger partial charge in [0.1, 0.15) is 6.29 Å². The number of aryl methyl sites for hydroxylation is 1.